The topological polar surface area (TPSA) is 0 Å². The summed E-state index contributed by atoms with van der Waals surface area (Å²) in [5, 5.41) is 0. The van der Waals surface area contributed by atoms with Gasteiger partial charge in [0, 0.05) is 12.8 Å². The number of hydrogen-bond acceptors (Lipinski definition) is 0. The van der Waals surface area contributed by atoms with Gasteiger partial charge >= 0.3 is 0 Å². The molecule has 0 bridgehead atoms. The van der Waals surface area contributed by atoms with Crippen LogP contribution in [0.15, 0.2) is 0 Å². The Hall–Kier alpha value is -0.140. The lowest BCUT2D eigenvalue weighted by atomic mass is 9.98. The number of halogens is 2. The van der Waals surface area contributed by atoms with E-state index >= 15 is 0 Å². The highest BCUT2D eigenvalue weighted by Crippen LogP contribution is 2.30. The van der Waals surface area contributed by atoms with Crippen molar-refractivity contribution >= 4 is 0 Å². The summed E-state index contributed by atoms with van der Waals surface area (Å²) >= 11 is 0. The predicted octanol–water partition coefficient (Wildman–Crippen LogP) is 3.18. The van der Waals surface area contributed by atoms with Gasteiger partial charge in [-0.05, 0) is 19.3 Å². The average Bonchev–Trinajstić information content (AvgIpc) is 1.81. The summed E-state index contributed by atoms with van der Waals surface area (Å²) in [5.74, 6) is -2.40. The van der Waals surface area contributed by atoms with Crippen LogP contribution in [0.1, 0.15) is 38.5 Å². The molecule has 0 aliphatic heterocycles. The average molecular weight is 147 g/mol. The van der Waals surface area contributed by atoms with Crippen LogP contribution in [0, 0.1) is 6.42 Å². The minimum absolute atomic E-state index is 0.00694. The van der Waals surface area contributed by atoms with Crippen molar-refractivity contribution in [1.82, 2.24) is 0 Å². The van der Waals surface area contributed by atoms with E-state index in [1.165, 1.54) is 0 Å². The smallest absolute Gasteiger partial charge is 0.207 e. The van der Waals surface area contributed by atoms with Crippen LogP contribution in [0.2, 0.25) is 0 Å². The highest BCUT2D eigenvalue weighted by atomic mass is 19.3. The van der Waals surface area contributed by atoms with Crippen molar-refractivity contribution in [3.63, 3.8) is 0 Å². The summed E-state index contributed by atoms with van der Waals surface area (Å²) in [5.41, 5.74) is 0. The molecule has 0 nitrogen and oxygen atoms in total. The molecule has 1 rings (SSSR count). The fourth-order valence-corrected chi connectivity index (χ4v) is 1.26. The molecule has 10 heavy (non-hydrogen) atoms. The highest BCUT2D eigenvalue weighted by molar-refractivity contribution is 4.78. The minimum atomic E-state index is -2.40. The fourth-order valence-electron chi connectivity index (χ4n) is 1.26. The first kappa shape index (κ1) is 7.96. The van der Waals surface area contributed by atoms with Gasteiger partial charge in [0.2, 0.25) is 5.92 Å². The van der Waals surface area contributed by atoms with E-state index < -0.39 is 5.92 Å². The lowest BCUT2D eigenvalue weighted by Gasteiger charge is -2.18. The van der Waals surface area contributed by atoms with E-state index in [1.807, 2.05) is 0 Å². The highest BCUT2D eigenvalue weighted by Gasteiger charge is 2.28. The lowest BCUT2D eigenvalue weighted by molar-refractivity contribution is -0.0135. The Balaban J connectivity index is 2.30. The zero-order valence-electron chi connectivity index (χ0n) is 6.08. The Kier molecular flexibility index (Phi) is 2.64. The van der Waals surface area contributed by atoms with Gasteiger partial charge < -0.3 is 0 Å². The van der Waals surface area contributed by atoms with E-state index in [1.54, 1.807) is 6.42 Å². The molecule has 1 saturated carbocycles. The number of alkyl halides is 2. The van der Waals surface area contributed by atoms with Gasteiger partial charge in [0.25, 0.3) is 0 Å². The third-order valence-electron chi connectivity index (χ3n) is 1.89. The number of hydrogen-bond donors (Lipinski definition) is 0. The Labute approximate surface area is 60.6 Å². The zero-order valence-corrected chi connectivity index (χ0v) is 6.08. The van der Waals surface area contributed by atoms with Gasteiger partial charge in [-0.1, -0.05) is 12.8 Å². The van der Waals surface area contributed by atoms with Crippen LogP contribution in [-0.2, 0) is 0 Å². The molecule has 0 aromatic rings. The normalized spacial score (nSPS) is 27.0. The molecule has 0 heterocycles. The first-order valence-corrected chi connectivity index (χ1v) is 3.90. The molecule has 0 aromatic heterocycles. The fraction of sp³-hybridized carbons (Fsp3) is 0.875. The van der Waals surface area contributed by atoms with Gasteiger partial charge in [0.05, 0.1) is 0 Å². The number of rotatable bonds is 0. The molecule has 2 heteroatoms. The molecule has 1 aliphatic carbocycles. The molecule has 1 aliphatic rings. The van der Waals surface area contributed by atoms with E-state index in [2.05, 4.69) is 0 Å². The Morgan fingerprint density at radius 1 is 1.10 bits per heavy atom. The molecule has 0 amide bonds. The van der Waals surface area contributed by atoms with Crippen LogP contribution in [0.3, 0.4) is 0 Å². The Bertz CT molecular complexity index is 89.4. The maximum absolute atomic E-state index is 12.6. The van der Waals surface area contributed by atoms with E-state index in [-0.39, 0.29) is 12.8 Å². The maximum Gasteiger partial charge on any atom is 0.248 e. The quantitative estimate of drug-likeness (QED) is 0.493. The van der Waals surface area contributed by atoms with Crippen LogP contribution >= 0.6 is 0 Å². The largest absolute Gasteiger partial charge is 0.248 e. The van der Waals surface area contributed by atoms with Gasteiger partial charge in [0.1, 0.15) is 0 Å². The monoisotopic (exact) mass is 147 g/mol. The standard InChI is InChI=1S/C8H13F2/c9-8(10)6-4-2-1-3-5-7-8/h4H,1-3,5-7H2. The summed E-state index contributed by atoms with van der Waals surface area (Å²) in [4.78, 5) is 0. The molecule has 0 saturated heterocycles. The van der Waals surface area contributed by atoms with Gasteiger partial charge in [-0.3, -0.25) is 0 Å². The van der Waals surface area contributed by atoms with Crippen molar-refractivity contribution in [2.24, 2.45) is 0 Å². The molecule has 0 N–H and O–H groups in total. The molecule has 1 radical (unpaired) electrons. The molecule has 0 spiro atoms. The summed E-state index contributed by atoms with van der Waals surface area (Å²) in [6.45, 7) is 0. The SMILES string of the molecule is FC1(F)C[CH]CCCCC1. The first-order valence-electron chi connectivity index (χ1n) is 3.90. The predicted molar refractivity (Wildman–Crippen MR) is 36.9 cm³/mol. The van der Waals surface area contributed by atoms with Gasteiger partial charge in [0.15, 0.2) is 0 Å². The Morgan fingerprint density at radius 2 is 1.90 bits per heavy atom. The van der Waals surface area contributed by atoms with Crippen molar-refractivity contribution < 1.29 is 8.78 Å². The van der Waals surface area contributed by atoms with Crippen LogP contribution < -0.4 is 0 Å². The summed E-state index contributed by atoms with van der Waals surface area (Å²) < 4.78 is 25.2. The maximum atomic E-state index is 12.6. The summed E-state index contributed by atoms with van der Waals surface area (Å²) in [6, 6.07) is 0. The van der Waals surface area contributed by atoms with Crippen molar-refractivity contribution in [2.75, 3.05) is 0 Å². The molecule has 0 aromatic carbocycles. The van der Waals surface area contributed by atoms with Crippen LogP contribution in [-0.4, -0.2) is 5.92 Å². The first-order chi connectivity index (χ1) is 4.71. The zero-order chi connectivity index (χ0) is 7.45. The van der Waals surface area contributed by atoms with Crippen LogP contribution in [0.4, 0.5) is 8.78 Å². The second-order valence-corrected chi connectivity index (χ2v) is 2.95. The lowest BCUT2D eigenvalue weighted by Crippen LogP contribution is -2.17. The molecule has 1 fully saturated rings. The van der Waals surface area contributed by atoms with Gasteiger partial charge in [-0.15, -0.1) is 0 Å². The summed E-state index contributed by atoms with van der Waals surface area (Å²) in [6.07, 6.45) is 5.42. The van der Waals surface area contributed by atoms with Crippen LogP contribution in [0.25, 0.3) is 0 Å². The molecule has 0 atom stereocenters. The third kappa shape index (κ3) is 2.63. The second-order valence-electron chi connectivity index (χ2n) is 2.95. The molecular formula is C8H13F2. The Morgan fingerprint density at radius 3 is 2.70 bits per heavy atom. The third-order valence-corrected chi connectivity index (χ3v) is 1.89. The van der Waals surface area contributed by atoms with E-state index in [4.69, 9.17) is 0 Å². The van der Waals surface area contributed by atoms with Crippen molar-refractivity contribution in [2.45, 2.75) is 44.4 Å². The van der Waals surface area contributed by atoms with Crippen molar-refractivity contribution in [3.05, 3.63) is 6.42 Å². The molecule has 59 valence electrons. The van der Waals surface area contributed by atoms with Crippen LogP contribution in [0.5, 0.6) is 0 Å². The van der Waals surface area contributed by atoms with Gasteiger partial charge in [-0.2, -0.15) is 0 Å². The summed E-state index contributed by atoms with van der Waals surface area (Å²) in [7, 11) is 0. The molecular weight excluding hydrogens is 134 g/mol. The van der Waals surface area contributed by atoms with E-state index in [0.717, 1.165) is 19.3 Å². The minimum Gasteiger partial charge on any atom is -0.207 e. The van der Waals surface area contributed by atoms with Crippen molar-refractivity contribution in [1.29, 1.82) is 0 Å². The van der Waals surface area contributed by atoms with Crippen molar-refractivity contribution in [3.8, 4) is 0 Å². The second kappa shape index (κ2) is 3.31. The van der Waals surface area contributed by atoms with Gasteiger partial charge in [-0.25, -0.2) is 8.78 Å². The van der Waals surface area contributed by atoms with E-state index in [9.17, 15) is 8.78 Å². The van der Waals surface area contributed by atoms with E-state index in [0.29, 0.717) is 6.42 Å². The molecule has 0 unspecified atom stereocenters.